The highest BCUT2D eigenvalue weighted by Gasteiger charge is 2.23. The van der Waals surface area contributed by atoms with Crippen molar-refractivity contribution in [3.63, 3.8) is 0 Å². The quantitative estimate of drug-likeness (QED) is 0.0133. The second-order valence-electron chi connectivity index (χ2n) is 21.3. The molecule has 0 aliphatic carbocycles. The molecule has 0 radical (unpaired) electrons. The number of nitrogens with two attached hydrogens (primary N) is 3. The van der Waals surface area contributed by atoms with Gasteiger partial charge in [0.25, 0.3) is 17.7 Å². The Hall–Kier alpha value is -12.4. The minimum atomic E-state index is -0.714. The molecule has 0 fully saturated rings. The lowest BCUT2D eigenvalue weighted by atomic mass is 10.1. The summed E-state index contributed by atoms with van der Waals surface area (Å²) in [6.07, 6.45) is 10.9. The summed E-state index contributed by atoms with van der Waals surface area (Å²) in [6.45, 7) is 9.15. The highest BCUT2D eigenvalue weighted by molar-refractivity contribution is 6.32. The number of esters is 3. The van der Waals surface area contributed by atoms with Gasteiger partial charge in [0.2, 0.25) is 0 Å². The molecule has 5 aromatic heterocycles. The van der Waals surface area contributed by atoms with Crippen LogP contribution in [-0.2, 0) is 18.9 Å². The van der Waals surface area contributed by atoms with E-state index in [2.05, 4.69) is 77.0 Å². The van der Waals surface area contributed by atoms with Gasteiger partial charge in [0.05, 0.1) is 66.8 Å². The second kappa shape index (κ2) is 36.9. The number of methoxy groups -OCH3 is 3. The van der Waals surface area contributed by atoms with E-state index in [1.807, 2.05) is 0 Å². The summed E-state index contributed by atoms with van der Waals surface area (Å²) in [5, 5.41) is 29.8. The first-order valence-corrected chi connectivity index (χ1v) is 29.7. The molecular formula is C64H71ClN18O15. The number of unbranched alkanes of at least 4 members (excludes halogenated alkanes) is 1. The maximum absolute atomic E-state index is 12.6. The number of aromatic nitrogens is 8. The number of pyridine rings is 2. The number of carbonyl (C=O) groups excluding carboxylic acids is 7. The predicted molar refractivity (Wildman–Crippen MR) is 360 cm³/mol. The van der Waals surface area contributed by atoms with Gasteiger partial charge in [0.15, 0.2) is 34.5 Å². The van der Waals surface area contributed by atoms with E-state index in [9.17, 15) is 53.8 Å². The number of nitro groups is 2. The summed E-state index contributed by atoms with van der Waals surface area (Å²) in [5.41, 5.74) is 20.5. The van der Waals surface area contributed by atoms with Gasteiger partial charge < -0.3 is 61.9 Å². The number of amides is 4. The van der Waals surface area contributed by atoms with Crippen molar-refractivity contribution in [2.24, 2.45) is 0 Å². The fourth-order valence-electron chi connectivity index (χ4n) is 8.07. The molecular weight excluding hydrogens is 1300 g/mol. The van der Waals surface area contributed by atoms with Crippen molar-refractivity contribution in [2.45, 2.75) is 46.1 Å². The molecule has 3 aromatic carbocycles. The fraction of sp³-hybridized carbons (Fsp3) is 0.266. The van der Waals surface area contributed by atoms with Crippen LogP contribution in [0.4, 0.5) is 39.3 Å². The Balaban J connectivity index is 0.000000249. The molecule has 33 nitrogen and oxygen atoms in total. The molecule has 0 saturated heterocycles. The summed E-state index contributed by atoms with van der Waals surface area (Å²) < 4.78 is 19.2. The van der Waals surface area contributed by atoms with Gasteiger partial charge in [-0.25, -0.2) is 49.1 Å². The van der Waals surface area contributed by atoms with Gasteiger partial charge in [0, 0.05) is 92.6 Å². The summed E-state index contributed by atoms with van der Waals surface area (Å²) >= 11 is 5.44. The molecule has 34 heteroatoms. The first-order chi connectivity index (χ1) is 46.6. The second-order valence-corrected chi connectivity index (χ2v) is 21.7. The number of halogens is 1. The molecule has 0 spiro atoms. The van der Waals surface area contributed by atoms with Crippen LogP contribution in [0.1, 0.15) is 103 Å². The first-order valence-electron chi connectivity index (χ1n) is 29.4. The van der Waals surface area contributed by atoms with Crippen LogP contribution >= 0.6 is 11.6 Å². The van der Waals surface area contributed by atoms with Gasteiger partial charge in [-0.2, -0.15) is 0 Å². The summed E-state index contributed by atoms with van der Waals surface area (Å²) in [7, 11) is 6.97. The van der Waals surface area contributed by atoms with E-state index in [4.69, 9.17) is 33.5 Å². The van der Waals surface area contributed by atoms with Crippen LogP contribution in [0.15, 0.2) is 128 Å². The van der Waals surface area contributed by atoms with Crippen molar-refractivity contribution in [1.29, 1.82) is 0 Å². The number of carbonyl (C=O) groups is 7. The van der Waals surface area contributed by atoms with Crippen molar-refractivity contribution in [3.8, 4) is 33.8 Å². The average molecular weight is 1370 g/mol. The number of hydrogen-bond donors (Lipinski definition) is 6. The zero-order valence-electron chi connectivity index (χ0n) is 54.7. The summed E-state index contributed by atoms with van der Waals surface area (Å²) in [6, 6.07) is 23.2. The zero-order valence-corrected chi connectivity index (χ0v) is 55.4. The Labute approximate surface area is 566 Å². The normalized spacial score (nSPS) is 10.4. The SMILES string of the molecule is CCCCNC(=O)c1cccc(-c2cnc(N)c(C(=O)OC)n2)c1.COC(=O)c1nc(-c2cccc(C(=O)NCCN(C)C(=O)OC(C)(C)C)c2)cnc1N.COC(=O)c1nc(-c2cccc(C(=O)NCCN(C)c3ccncc3[N+](=O)[O-])c2)cnc1N.O=[N+]([O-])c1cnccc1Cl. The molecule has 4 amide bonds. The summed E-state index contributed by atoms with van der Waals surface area (Å²) in [4.78, 5) is 140. The maximum Gasteiger partial charge on any atom is 0.410 e. The van der Waals surface area contributed by atoms with Crippen LogP contribution in [-0.4, -0.2) is 170 Å². The lowest BCUT2D eigenvalue weighted by Gasteiger charge is -2.24. The third kappa shape index (κ3) is 22.7. The molecule has 5 heterocycles. The maximum atomic E-state index is 12.6. The third-order valence-corrected chi connectivity index (χ3v) is 13.4. The molecule has 0 atom stereocenters. The molecule has 0 bridgehead atoms. The third-order valence-electron chi connectivity index (χ3n) is 13.1. The van der Waals surface area contributed by atoms with Gasteiger partial charge in [0.1, 0.15) is 28.7 Å². The van der Waals surface area contributed by atoms with Crippen LogP contribution in [0, 0.1) is 20.2 Å². The van der Waals surface area contributed by atoms with Crippen LogP contribution in [0.5, 0.6) is 0 Å². The number of rotatable bonds is 21. The standard InChI is InChI=1S/C21H21N7O5.C21H27N5O5.C17H20N4O3.C5H3ClN2O2/c1-27(16-6-7-23-12-17(16)28(31)32)9-8-24-20(29)14-5-3-4-13(10-14)15-11-25-19(22)18(26-15)21(30)33-2;1-21(2,3)31-20(29)26(4)10-9-23-18(27)14-8-6-7-13(11-14)15-12-24-17(22)16(25-15)19(28)30-5;1-3-4-8-19-16(22)12-7-5-6-11(9-12)13-10-20-15(18)14(21-13)17(23)24-2;6-4-1-2-7-3-5(4)8(9)10/h3-7,10-12H,8-9H2,1-2H3,(H2,22,25)(H,24,29);6-8,11-12H,9-10H2,1-5H3,(H2,22,24)(H,23,27);5-7,9-10H,3-4,8H2,1-2H3,(H2,18,20)(H,19,22);1-3H. The average Bonchev–Trinajstić information content (AvgIpc) is 0.842. The Kier molecular flexibility index (Phi) is 28.7. The Morgan fingerprint density at radius 2 is 0.929 bits per heavy atom. The number of likely N-dealkylation sites (N-methyl/N-ethyl adjacent to an activating group) is 2. The predicted octanol–water partition coefficient (Wildman–Crippen LogP) is 7.48. The van der Waals surface area contributed by atoms with Gasteiger partial charge in [-0.05, 0) is 75.7 Å². The van der Waals surface area contributed by atoms with E-state index in [-0.39, 0.29) is 88.3 Å². The van der Waals surface area contributed by atoms with Gasteiger partial charge in [-0.15, -0.1) is 0 Å². The first kappa shape index (κ1) is 76.3. The van der Waals surface area contributed by atoms with Crippen LogP contribution in [0.2, 0.25) is 5.02 Å². The van der Waals surface area contributed by atoms with E-state index in [0.29, 0.717) is 69.2 Å². The number of nitrogens with zero attached hydrogens (tertiary/aromatic N) is 12. The van der Waals surface area contributed by atoms with Crippen molar-refractivity contribution in [1.82, 2.24) is 60.7 Å². The van der Waals surface area contributed by atoms with Crippen molar-refractivity contribution < 1.29 is 62.4 Å². The Morgan fingerprint density at radius 3 is 1.29 bits per heavy atom. The molecule has 8 aromatic rings. The summed E-state index contributed by atoms with van der Waals surface area (Å²) in [5.74, 6) is -2.99. The molecule has 0 aliphatic heterocycles. The number of ether oxygens (including phenoxy) is 4. The van der Waals surface area contributed by atoms with Crippen molar-refractivity contribution in [3.05, 3.63) is 187 Å². The molecule has 9 N–H and O–H groups in total. The molecule has 0 aliphatic rings. The minimum Gasteiger partial charge on any atom is -0.464 e. The lowest BCUT2D eigenvalue weighted by Crippen LogP contribution is -2.39. The van der Waals surface area contributed by atoms with Crippen LogP contribution in [0.25, 0.3) is 33.8 Å². The molecule has 0 unspecified atom stereocenters. The number of nitrogen functional groups attached to an aromatic ring is 3. The molecule has 0 saturated carbocycles. The number of benzene rings is 3. The van der Waals surface area contributed by atoms with E-state index < -0.39 is 39.4 Å². The van der Waals surface area contributed by atoms with E-state index in [1.165, 1.54) is 69.5 Å². The lowest BCUT2D eigenvalue weighted by molar-refractivity contribution is -0.385. The van der Waals surface area contributed by atoms with Gasteiger partial charge >= 0.3 is 35.4 Å². The smallest absolute Gasteiger partial charge is 0.410 e. The fourth-order valence-corrected chi connectivity index (χ4v) is 8.24. The number of hydrogen-bond acceptors (Lipinski definition) is 27. The molecule has 514 valence electrons. The number of nitrogens with one attached hydrogen (secondary N) is 3. The minimum absolute atomic E-state index is 0.000867. The highest BCUT2D eigenvalue weighted by atomic mass is 35.5. The Morgan fingerprint density at radius 1 is 0.551 bits per heavy atom. The Bertz CT molecular complexity index is 4180. The number of anilines is 4. The van der Waals surface area contributed by atoms with Gasteiger partial charge in [-0.3, -0.25) is 44.6 Å². The van der Waals surface area contributed by atoms with E-state index in [0.717, 1.165) is 19.0 Å². The van der Waals surface area contributed by atoms with E-state index in [1.54, 1.807) is 119 Å². The monoisotopic (exact) mass is 1370 g/mol. The molecule has 98 heavy (non-hydrogen) atoms. The molecule has 8 rings (SSSR count). The topological polar surface area (TPSA) is 466 Å². The zero-order chi connectivity index (χ0) is 72.2. The highest BCUT2D eigenvalue weighted by Crippen LogP contribution is 2.27. The van der Waals surface area contributed by atoms with Crippen LogP contribution < -0.4 is 38.1 Å². The van der Waals surface area contributed by atoms with Crippen molar-refractivity contribution >= 4 is 87.8 Å². The van der Waals surface area contributed by atoms with Gasteiger partial charge in [-0.1, -0.05) is 61.3 Å². The van der Waals surface area contributed by atoms with E-state index >= 15 is 0 Å². The van der Waals surface area contributed by atoms with Crippen molar-refractivity contribution in [2.75, 3.05) is 90.2 Å². The largest absolute Gasteiger partial charge is 0.464 e. The van der Waals surface area contributed by atoms with Crippen LogP contribution in [0.3, 0.4) is 0 Å².